The van der Waals surface area contributed by atoms with Crippen molar-refractivity contribution in [1.29, 1.82) is 0 Å². The first-order valence-corrected chi connectivity index (χ1v) is 7.94. The van der Waals surface area contributed by atoms with E-state index in [0.717, 1.165) is 24.2 Å². The van der Waals surface area contributed by atoms with Gasteiger partial charge in [-0.05, 0) is 43.9 Å². The van der Waals surface area contributed by atoms with Crippen molar-refractivity contribution in [3.8, 4) is 0 Å². The fraction of sp³-hybridized carbons (Fsp3) is 0.667. The molecule has 0 aliphatic carbocycles. The maximum atomic E-state index is 14.5. The van der Waals surface area contributed by atoms with Crippen LogP contribution >= 0.6 is 0 Å². The van der Waals surface area contributed by atoms with Gasteiger partial charge in [-0.25, -0.2) is 4.39 Å². The minimum Gasteiger partial charge on any atom is -0.369 e. The van der Waals surface area contributed by atoms with E-state index >= 15 is 0 Å². The number of anilines is 1. The van der Waals surface area contributed by atoms with Crippen molar-refractivity contribution in [3.05, 3.63) is 29.6 Å². The Morgan fingerprint density at radius 2 is 1.86 bits per heavy atom. The summed E-state index contributed by atoms with van der Waals surface area (Å²) >= 11 is 0. The first kappa shape index (κ1) is 18.0. The van der Waals surface area contributed by atoms with E-state index in [-0.39, 0.29) is 23.3 Å². The summed E-state index contributed by atoms with van der Waals surface area (Å²) in [6.45, 7) is 13.9. The van der Waals surface area contributed by atoms with Gasteiger partial charge in [0.15, 0.2) is 0 Å². The minimum atomic E-state index is -0.142. The normalized spacial score (nSPS) is 14.9. The standard InChI is InChI=1S/C18H31FN2/c1-8-12-20-13(2)15-10-9-11-16(19)17(15)21(7)14(3)18(4,5)6/h9-11,13-14,20H,8,12H2,1-7H3. The van der Waals surface area contributed by atoms with E-state index in [2.05, 4.69) is 51.8 Å². The molecular formula is C18H31FN2. The van der Waals surface area contributed by atoms with Crippen molar-refractivity contribution in [2.75, 3.05) is 18.5 Å². The second kappa shape index (κ2) is 7.26. The van der Waals surface area contributed by atoms with Gasteiger partial charge in [0.1, 0.15) is 5.82 Å². The van der Waals surface area contributed by atoms with Crippen LogP contribution in [-0.4, -0.2) is 19.6 Å². The quantitative estimate of drug-likeness (QED) is 0.814. The molecule has 0 saturated carbocycles. The first-order valence-electron chi connectivity index (χ1n) is 7.94. The Kier molecular flexibility index (Phi) is 6.21. The molecule has 0 aromatic heterocycles. The molecule has 1 aromatic rings. The molecule has 0 heterocycles. The van der Waals surface area contributed by atoms with Crippen molar-refractivity contribution in [1.82, 2.24) is 5.32 Å². The highest BCUT2D eigenvalue weighted by molar-refractivity contribution is 5.56. The molecule has 0 saturated heterocycles. The highest BCUT2D eigenvalue weighted by Crippen LogP contribution is 2.34. The monoisotopic (exact) mass is 294 g/mol. The molecule has 0 radical (unpaired) electrons. The average molecular weight is 294 g/mol. The predicted molar refractivity (Wildman–Crippen MR) is 90.4 cm³/mol. The molecule has 0 amide bonds. The lowest BCUT2D eigenvalue weighted by Crippen LogP contribution is -2.40. The topological polar surface area (TPSA) is 15.3 Å². The third kappa shape index (κ3) is 4.44. The molecule has 1 rings (SSSR count). The van der Waals surface area contributed by atoms with Gasteiger partial charge in [0.05, 0.1) is 5.69 Å². The molecule has 2 unspecified atom stereocenters. The zero-order valence-corrected chi connectivity index (χ0v) is 14.6. The Bertz CT molecular complexity index is 451. The Balaban J connectivity index is 3.16. The van der Waals surface area contributed by atoms with Crippen LogP contribution in [-0.2, 0) is 0 Å². The predicted octanol–water partition coefficient (Wildman–Crippen LogP) is 4.76. The smallest absolute Gasteiger partial charge is 0.146 e. The highest BCUT2D eigenvalue weighted by atomic mass is 19.1. The van der Waals surface area contributed by atoms with Crippen LogP contribution in [0.1, 0.15) is 59.6 Å². The van der Waals surface area contributed by atoms with Gasteiger partial charge < -0.3 is 10.2 Å². The van der Waals surface area contributed by atoms with Crippen LogP contribution in [0.5, 0.6) is 0 Å². The molecule has 120 valence electrons. The van der Waals surface area contributed by atoms with Gasteiger partial charge in [-0.15, -0.1) is 0 Å². The summed E-state index contributed by atoms with van der Waals surface area (Å²) in [5.41, 5.74) is 1.84. The zero-order chi connectivity index (χ0) is 16.2. The fourth-order valence-corrected chi connectivity index (χ4v) is 2.50. The van der Waals surface area contributed by atoms with E-state index in [4.69, 9.17) is 0 Å². The van der Waals surface area contributed by atoms with Crippen molar-refractivity contribution < 1.29 is 4.39 Å². The number of nitrogens with one attached hydrogen (secondary N) is 1. The van der Waals surface area contributed by atoms with Gasteiger partial charge in [0.25, 0.3) is 0 Å². The van der Waals surface area contributed by atoms with Gasteiger partial charge >= 0.3 is 0 Å². The molecular weight excluding hydrogens is 263 g/mol. The number of para-hydroxylation sites is 1. The lowest BCUT2D eigenvalue weighted by atomic mass is 9.86. The van der Waals surface area contributed by atoms with E-state index in [1.54, 1.807) is 12.1 Å². The Morgan fingerprint density at radius 1 is 1.24 bits per heavy atom. The fourth-order valence-electron chi connectivity index (χ4n) is 2.50. The number of benzene rings is 1. The molecule has 21 heavy (non-hydrogen) atoms. The summed E-state index contributed by atoms with van der Waals surface area (Å²) in [5, 5.41) is 3.46. The first-order chi connectivity index (χ1) is 9.70. The van der Waals surface area contributed by atoms with Crippen LogP contribution in [0.4, 0.5) is 10.1 Å². The van der Waals surface area contributed by atoms with Crippen molar-refractivity contribution in [2.24, 2.45) is 5.41 Å². The summed E-state index contributed by atoms with van der Waals surface area (Å²) in [4.78, 5) is 2.08. The van der Waals surface area contributed by atoms with Crippen LogP contribution in [0.2, 0.25) is 0 Å². The molecule has 0 fully saturated rings. The average Bonchev–Trinajstić information content (AvgIpc) is 2.41. The van der Waals surface area contributed by atoms with Crippen LogP contribution in [0.25, 0.3) is 0 Å². The summed E-state index contributed by atoms with van der Waals surface area (Å²) in [6, 6.07) is 5.76. The molecule has 2 atom stereocenters. The molecule has 3 heteroatoms. The van der Waals surface area contributed by atoms with Crippen LogP contribution in [0.15, 0.2) is 18.2 Å². The number of hydrogen-bond donors (Lipinski definition) is 1. The molecule has 0 spiro atoms. The van der Waals surface area contributed by atoms with E-state index in [9.17, 15) is 4.39 Å². The second-order valence-corrected chi connectivity index (χ2v) is 7.01. The van der Waals surface area contributed by atoms with Gasteiger partial charge in [0.2, 0.25) is 0 Å². The van der Waals surface area contributed by atoms with Crippen molar-refractivity contribution in [2.45, 2.75) is 60.0 Å². The molecule has 0 bridgehead atoms. The molecule has 2 nitrogen and oxygen atoms in total. The van der Waals surface area contributed by atoms with Gasteiger partial charge in [-0.2, -0.15) is 0 Å². The van der Waals surface area contributed by atoms with Gasteiger partial charge in [0, 0.05) is 19.1 Å². The zero-order valence-electron chi connectivity index (χ0n) is 14.6. The third-order valence-electron chi connectivity index (χ3n) is 4.37. The lowest BCUT2D eigenvalue weighted by molar-refractivity contribution is 0.327. The van der Waals surface area contributed by atoms with E-state index in [1.165, 1.54) is 0 Å². The molecule has 1 aromatic carbocycles. The SMILES string of the molecule is CCCNC(C)c1cccc(F)c1N(C)C(C)C(C)(C)C. The largest absolute Gasteiger partial charge is 0.369 e. The highest BCUT2D eigenvalue weighted by Gasteiger charge is 2.27. The van der Waals surface area contributed by atoms with Gasteiger partial charge in [-0.3, -0.25) is 0 Å². The maximum absolute atomic E-state index is 14.5. The van der Waals surface area contributed by atoms with Crippen LogP contribution in [0, 0.1) is 11.2 Å². The molecule has 1 N–H and O–H groups in total. The third-order valence-corrected chi connectivity index (χ3v) is 4.37. The molecule has 0 aliphatic heterocycles. The number of nitrogens with zero attached hydrogens (tertiary/aromatic N) is 1. The van der Waals surface area contributed by atoms with Crippen LogP contribution < -0.4 is 10.2 Å². The summed E-state index contributed by atoms with van der Waals surface area (Å²) in [6.07, 6.45) is 1.07. The van der Waals surface area contributed by atoms with Crippen LogP contribution in [0.3, 0.4) is 0 Å². The lowest BCUT2D eigenvalue weighted by Gasteiger charge is -2.38. The Hall–Kier alpha value is -1.09. The van der Waals surface area contributed by atoms with Gasteiger partial charge in [-0.1, -0.05) is 39.8 Å². The van der Waals surface area contributed by atoms with E-state index in [0.29, 0.717) is 0 Å². The summed E-state index contributed by atoms with van der Waals surface area (Å²) < 4.78 is 14.5. The minimum absolute atomic E-state index is 0.0917. The van der Waals surface area contributed by atoms with E-state index in [1.807, 2.05) is 13.1 Å². The number of halogens is 1. The second-order valence-electron chi connectivity index (χ2n) is 7.01. The number of rotatable bonds is 6. The Morgan fingerprint density at radius 3 is 2.38 bits per heavy atom. The summed E-state index contributed by atoms with van der Waals surface area (Å²) in [5.74, 6) is -0.142. The number of hydrogen-bond acceptors (Lipinski definition) is 2. The van der Waals surface area contributed by atoms with Crippen molar-refractivity contribution >= 4 is 5.69 Å². The molecule has 0 aliphatic rings. The van der Waals surface area contributed by atoms with E-state index < -0.39 is 0 Å². The Labute approximate surface area is 129 Å². The maximum Gasteiger partial charge on any atom is 0.146 e. The van der Waals surface area contributed by atoms with Crippen molar-refractivity contribution in [3.63, 3.8) is 0 Å². The summed E-state index contributed by atoms with van der Waals surface area (Å²) in [7, 11) is 1.99.